The first-order valence-corrected chi connectivity index (χ1v) is 2.36. The van der Waals surface area contributed by atoms with Crippen molar-refractivity contribution in [3.8, 4) is 0 Å². The van der Waals surface area contributed by atoms with Gasteiger partial charge in [0.2, 0.25) is 0 Å². The summed E-state index contributed by atoms with van der Waals surface area (Å²) in [5.74, 6) is 0. The van der Waals surface area contributed by atoms with Gasteiger partial charge < -0.3 is 4.79 Å². The first kappa shape index (κ1) is 8.60. The van der Waals surface area contributed by atoms with Crippen molar-refractivity contribution in [2.24, 2.45) is 0 Å². The number of benzene rings is 1. The van der Waals surface area contributed by atoms with Crippen LogP contribution in [0.2, 0.25) is 0 Å². The molecule has 0 aliphatic carbocycles. The molecule has 0 aromatic heterocycles. The quantitative estimate of drug-likeness (QED) is 0.436. The van der Waals surface area contributed by atoms with Gasteiger partial charge in [0, 0.05) is 21.7 Å². The molecular weight excluding hydrogens is 148 g/mol. The minimum Gasteiger partial charge on any atom is -0.376 e. The van der Waals surface area contributed by atoms with E-state index in [1.165, 1.54) is 0 Å². The van der Waals surface area contributed by atoms with E-state index in [9.17, 15) is 4.79 Å². The minimum atomic E-state index is 0. The molecule has 1 nitrogen and oxygen atoms in total. The van der Waals surface area contributed by atoms with Crippen molar-refractivity contribution in [2.75, 3.05) is 0 Å². The van der Waals surface area contributed by atoms with E-state index in [-0.39, 0.29) is 21.7 Å². The maximum absolute atomic E-state index is 9.88. The van der Waals surface area contributed by atoms with Crippen LogP contribution in [0.25, 0.3) is 0 Å². The summed E-state index contributed by atoms with van der Waals surface area (Å²) >= 11 is 0. The van der Waals surface area contributed by atoms with Gasteiger partial charge in [-0.25, -0.2) is 0 Å². The average molecular weight is 153 g/mol. The molecule has 0 bridgehead atoms. The molecule has 0 heterocycles. The van der Waals surface area contributed by atoms with Gasteiger partial charge in [0.1, 0.15) is 0 Å². The minimum absolute atomic E-state index is 0. The van der Waals surface area contributed by atoms with Crippen LogP contribution in [0.15, 0.2) is 30.3 Å². The molecule has 0 fully saturated rings. The molecule has 0 unspecified atom stereocenters. The molecule has 0 N–H and O–H groups in total. The Kier molecular flexibility index (Phi) is 4.28. The van der Waals surface area contributed by atoms with Crippen molar-refractivity contribution in [3.63, 3.8) is 0 Å². The fraction of sp³-hybridized carbons (Fsp3) is 0. The first-order chi connectivity index (χ1) is 3.93. The molecule has 0 saturated heterocycles. The Morgan fingerprint density at radius 3 is 2.00 bits per heavy atom. The third-order valence-corrected chi connectivity index (χ3v) is 0.892. The summed E-state index contributed by atoms with van der Waals surface area (Å²) in [7, 11) is 0. The molecule has 0 radical (unpaired) electrons. The van der Waals surface area contributed by atoms with Gasteiger partial charge in [-0.15, -0.1) is 12.1 Å². The van der Waals surface area contributed by atoms with Crippen LogP contribution in [-0.4, -0.2) is 6.29 Å². The zero-order chi connectivity index (χ0) is 5.82. The summed E-state index contributed by atoms with van der Waals surface area (Å²) < 4.78 is 0. The van der Waals surface area contributed by atoms with Crippen molar-refractivity contribution >= 4 is 6.29 Å². The molecule has 1 aromatic carbocycles. The van der Waals surface area contributed by atoms with E-state index in [1.807, 2.05) is 6.07 Å². The summed E-state index contributed by atoms with van der Waals surface area (Å²) in [5.41, 5.74) is 0.604. The topological polar surface area (TPSA) is 17.1 Å². The van der Waals surface area contributed by atoms with Crippen LogP contribution in [0, 0.1) is 0 Å². The molecule has 0 aliphatic heterocycles. The molecule has 0 amide bonds. The fourth-order valence-corrected chi connectivity index (χ4v) is 0.506. The van der Waals surface area contributed by atoms with E-state index >= 15 is 0 Å². The van der Waals surface area contributed by atoms with Crippen LogP contribution in [0.1, 0.15) is 5.56 Å². The second-order valence-corrected chi connectivity index (χ2v) is 1.47. The van der Waals surface area contributed by atoms with Crippen LogP contribution in [0.3, 0.4) is 0 Å². The predicted molar refractivity (Wildman–Crippen MR) is 31.2 cm³/mol. The molecule has 1 rings (SSSR count). The summed E-state index contributed by atoms with van der Waals surface area (Å²) in [6, 6.07) is 8.90. The fourth-order valence-electron chi connectivity index (χ4n) is 0.506. The zero-order valence-corrected chi connectivity index (χ0v) is 6.36. The molecular formula is C7H5OTi-. The van der Waals surface area contributed by atoms with Gasteiger partial charge in [0.15, 0.2) is 0 Å². The molecule has 1 aromatic rings. The smallest absolute Gasteiger partial charge is 0.0627 e. The van der Waals surface area contributed by atoms with Crippen molar-refractivity contribution < 1.29 is 26.5 Å². The monoisotopic (exact) mass is 153 g/mol. The molecule has 0 spiro atoms. The Balaban J connectivity index is 0.000000640. The van der Waals surface area contributed by atoms with Crippen LogP contribution < -0.4 is 0 Å². The summed E-state index contributed by atoms with van der Waals surface area (Å²) in [5, 5.41) is 0. The van der Waals surface area contributed by atoms with Crippen molar-refractivity contribution in [1.82, 2.24) is 0 Å². The number of hydrogen-bond donors (Lipinski definition) is 0. The van der Waals surface area contributed by atoms with Gasteiger partial charge in [0.05, 0.1) is 6.29 Å². The summed E-state index contributed by atoms with van der Waals surface area (Å²) in [6.45, 7) is 0. The molecule has 0 atom stereocenters. The Labute approximate surface area is 69.0 Å². The Morgan fingerprint density at radius 1 is 1.11 bits per heavy atom. The van der Waals surface area contributed by atoms with E-state index in [4.69, 9.17) is 0 Å². The predicted octanol–water partition coefficient (Wildman–Crippen LogP) is 1.14. The van der Waals surface area contributed by atoms with E-state index in [1.54, 1.807) is 30.6 Å². The van der Waals surface area contributed by atoms with Crippen LogP contribution in [0.4, 0.5) is 0 Å². The number of carbonyl (C=O) groups excluding carboxylic acids is 1. The SMILES string of the molecule is O=[C-]c1ccccc1.[Ti]. The molecule has 0 aliphatic rings. The average Bonchev–Trinajstić information content (AvgIpc) is 1.90. The van der Waals surface area contributed by atoms with Crippen LogP contribution >= 0.6 is 0 Å². The van der Waals surface area contributed by atoms with Gasteiger partial charge in [-0.05, 0) is 0 Å². The normalized spacial score (nSPS) is 7.56. The van der Waals surface area contributed by atoms with E-state index in [0.717, 1.165) is 0 Å². The second-order valence-electron chi connectivity index (χ2n) is 1.47. The van der Waals surface area contributed by atoms with E-state index < -0.39 is 0 Å². The van der Waals surface area contributed by atoms with E-state index in [0.29, 0.717) is 5.56 Å². The Bertz CT molecular complexity index is 172. The third kappa shape index (κ3) is 2.59. The second kappa shape index (κ2) is 4.48. The molecule has 9 heavy (non-hydrogen) atoms. The zero-order valence-electron chi connectivity index (χ0n) is 4.79. The number of hydrogen-bond acceptors (Lipinski definition) is 1. The van der Waals surface area contributed by atoms with Gasteiger partial charge in [-0.1, -0.05) is 6.07 Å². The standard InChI is InChI=1S/C7H5O.Ti/c8-6-7-4-2-1-3-5-7;/h1-5H;/q-1;. The van der Waals surface area contributed by atoms with Gasteiger partial charge in [-0.2, -0.15) is 17.7 Å². The van der Waals surface area contributed by atoms with Crippen LogP contribution in [-0.2, 0) is 26.5 Å². The first-order valence-electron chi connectivity index (χ1n) is 2.36. The summed E-state index contributed by atoms with van der Waals surface area (Å²) in [6.07, 6.45) is 1.78. The van der Waals surface area contributed by atoms with Crippen molar-refractivity contribution in [1.29, 1.82) is 0 Å². The number of rotatable bonds is 1. The molecule has 0 saturated carbocycles. The van der Waals surface area contributed by atoms with Crippen LogP contribution in [0.5, 0.6) is 0 Å². The maximum Gasteiger partial charge on any atom is 0.0627 e. The van der Waals surface area contributed by atoms with Gasteiger partial charge >= 0.3 is 0 Å². The largest absolute Gasteiger partial charge is 0.376 e. The van der Waals surface area contributed by atoms with Gasteiger partial charge in [-0.3, -0.25) is 0 Å². The molecule has 44 valence electrons. The Morgan fingerprint density at radius 2 is 1.67 bits per heavy atom. The van der Waals surface area contributed by atoms with E-state index in [2.05, 4.69) is 0 Å². The molecule has 2 heteroatoms. The van der Waals surface area contributed by atoms with Gasteiger partial charge in [0.25, 0.3) is 0 Å². The van der Waals surface area contributed by atoms with Crippen molar-refractivity contribution in [2.45, 2.75) is 0 Å². The summed E-state index contributed by atoms with van der Waals surface area (Å²) in [4.78, 5) is 9.88. The maximum atomic E-state index is 9.88. The van der Waals surface area contributed by atoms with Crippen molar-refractivity contribution in [3.05, 3.63) is 35.9 Å². The Hall–Kier alpha value is -0.396. The third-order valence-electron chi connectivity index (χ3n) is 0.892.